The van der Waals surface area contributed by atoms with E-state index >= 15 is 0 Å². The molecule has 142 valence electrons. The molecule has 0 aliphatic heterocycles. The molecule has 2 atom stereocenters. The summed E-state index contributed by atoms with van der Waals surface area (Å²) < 4.78 is 2.34. The maximum atomic E-state index is 4.91. The molecular weight excluding hydrogens is 352 g/mol. The number of fused-ring (bicyclic) bond motifs is 6. The van der Waals surface area contributed by atoms with E-state index in [1.807, 2.05) is 6.20 Å². The van der Waals surface area contributed by atoms with Crippen LogP contribution in [0, 0.1) is 5.92 Å². The molecule has 2 aromatic carbocycles. The first-order valence-corrected chi connectivity index (χ1v) is 10.0. The van der Waals surface area contributed by atoms with Crippen LogP contribution in [0.5, 0.6) is 0 Å². The van der Waals surface area contributed by atoms with Gasteiger partial charge in [-0.2, -0.15) is 0 Å². The predicted octanol–water partition coefficient (Wildman–Crippen LogP) is 6.99. The lowest BCUT2D eigenvalue weighted by molar-refractivity contribution is 0.619. The van der Waals surface area contributed by atoms with E-state index in [-0.39, 0.29) is 11.8 Å². The molecule has 2 aromatic heterocycles. The van der Waals surface area contributed by atoms with E-state index < -0.39 is 0 Å². The number of nitrogens with zero attached hydrogens (tertiary/aromatic N) is 2. The molecule has 2 unspecified atom stereocenters. The Morgan fingerprint density at radius 2 is 1.62 bits per heavy atom. The molecule has 0 N–H and O–H groups in total. The van der Waals surface area contributed by atoms with E-state index in [0.29, 0.717) is 0 Å². The second kappa shape index (κ2) is 6.59. The van der Waals surface area contributed by atoms with Gasteiger partial charge in [0, 0.05) is 28.8 Å². The fraction of sp³-hybridized carbons (Fsp3) is 0.148. The minimum atomic E-state index is 0.148. The van der Waals surface area contributed by atoms with Crippen LogP contribution in [0.2, 0.25) is 0 Å². The fourth-order valence-electron chi connectivity index (χ4n) is 4.72. The Hall–Kier alpha value is -3.39. The van der Waals surface area contributed by atoms with Crippen molar-refractivity contribution in [2.75, 3.05) is 0 Å². The molecule has 1 aliphatic rings. The Balaban J connectivity index is 1.91. The molecule has 0 saturated carbocycles. The number of allylic oxidation sites excluding steroid dienone is 6. The van der Waals surface area contributed by atoms with E-state index in [9.17, 15) is 0 Å². The van der Waals surface area contributed by atoms with Crippen molar-refractivity contribution >= 4 is 27.3 Å². The van der Waals surface area contributed by atoms with Crippen molar-refractivity contribution < 1.29 is 0 Å². The predicted molar refractivity (Wildman–Crippen MR) is 123 cm³/mol. The molecular formula is C27H24N2. The highest BCUT2D eigenvalue weighted by Gasteiger charge is 2.31. The zero-order valence-electron chi connectivity index (χ0n) is 16.9. The van der Waals surface area contributed by atoms with Crippen LogP contribution >= 0.6 is 0 Å². The SMILES string of the molecule is C=C(C)C1=CC=CC(C(=C)C)C1c1cnc2c3ccccc3c3ccccc3n12. The third-order valence-corrected chi connectivity index (χ3v) is 6.06. The molecule has 0 fully saturated rings. The van der Waals surface area contributed by atoms with Crippen LogP contribution < -0.4 is 0 Å². The third kappa shape index (κ3) is 2.60. The summed E-state index contributed by atoms with van der Waals surface area (Å²) in [6.07, 6.45) is 8.62. The summed E-state index contributed by atoms with van der Waals surface area (Å²) in [6.45, 7) is 12.7. The van der Waals surface area contributed by atoms with E-state index in [1.54, 1.807) is 0 Å². The van der Waals surface area contributed by atoms with Gasteiger partial charge in [-0.05, 0) is 30.9 Å². The minimum absolute atomic E-state index is 0.148. The second-order valence-electron chi connectivity index (χ2n) is 8.04. The summed E-state index contributed by atoms with van der Waals surface area (Å²) in [5.74, 6) is 0.367. The van der Waals surface area contributed by atoms with Crippen LogP contribution in [0.3, 0.4) is 0 Å². The van der Waals surface area contributed by atoms with Crippen LogP contribution in [-0.4, -0.2) is 9.38 Å². The quantitative estimate of drug-likeness (QED) is 0.278. The van der Waals surface area contributed by atoms with Gasteiger partial charge in [-0.1, -0.05) is 85.0 Å². The maximum absolute atomic E-state index is 4.91. The molecule has 5 rings (SSSR count). The smallest absolute Gasteiger partial charge is 0.145 e. The van der Waals surface area contributed by atoms with Crippen LogP contribution in [0.25, 0.3) is 27.3 Å². The maximum Gasteiger partial charge on any atom is 0.145 e. The standard InChI is InChI=1S/C27H24N2/c1-17(2)19-13-9-14-20(18(3)4)26(19)25-16-28-27-23-12-6-5-10-21(23)22-11-7-8-15-24(22)29(25)27/h5-16,19,26H,1,3H2,2,4H3. The number of imidazole rings is 1. The topological polar surface area (TPSA) is 17.3 Å². The summed E-state index contributed by atoms with van der Waals surface area (Å²) in [5.41, 5.74) is 6.87. The largest absolute Gasteiger partial charge is 0.295 e. The van der Waals surface area contributed by atoms with Gasteiger partial charge in [0.1, 0.15) is 5.65 Å². The first kappa shape index (κ1) is 17.7. The van der Waals surface area contributed by atoms with Gasteiger partial charge in [-0.3, -0.25) is 4.40 Å². The normalized spacial score (nSPS) is 19.0. The highest BCUT2D eigenvalue weighted by atomic mass is 15.0. The lowest BCUT2D eigenvalue weighted by Gasteiger charge is -2.30. The summed E-state index contributed by atoms with van der Waals surface area (Å²) in [5, 5.41) is 3.66. The molecule has 4 aromatic rings. The van der Waals surface area contributed by atoms with E-state index in [0.717, 1.165) is 16.8 Å². The molecule has 0 radical (unpaired) electrons. The highest BCUT2D eigenvalue weighted by Crippen LogP contribution is 2.43. The average Bonchev–Trinajstić information content (AvgIpc) is 3.18. The molecule has 29 heavy (non-hydrogen) atoms. The van der Waals surface area contributed by atoms with Gasteiger partial charge in [-0.15, -0.1) is 0 Å². The van der Waals surface area contributed by atoms with Crippen molar-refractivity contribution in [3.05, 3.63) is 109 Å². The number of aromatic nitrogens is 2. The van der Waals surface area contributed by atoms with Crippen molar-refractivity contribution in [1.82, 2.24) is 9.38 Å². The molecule has 0 spiro atoms. The Bertz CT molecular complexity index is 1360. The zero-order valence-corrected chi connectivity index (χ0v) is 16.9. The van der Waals surface area contributed by atoms with E-state index in [2.05, 4.69) is 98.2 Å². The van der Waals surface area contributed by atoms with E-state index in [1.165, 1.54) is 32.9 Å². The zero-order chi connectivity index (χ0) is 20.1. The average molecular weight is 377 g/mol. The van der Waals surface area contributed by atoms with Crippen molar-refractivity contribution in [3.8, 4) is 0 Å². The summed E-state index contributed by atoms with van der Waals surface area (Å²) >= 11 is 0. The molecule has 2 heteroatoms. The van der Waals surface area contributed by atoms with Gasteiger partial charge < -0.3 is 0 Å². The van der Waals surface area contributed by atoms with Crippen molar-refractivity contribution in [3.63, 3.8) is 0 Å². The summed E-state index contributed by atoms with van der Waals surface area (Å²) in [4.78, 5) is 4.91. The van der Waals surface area contributed by atoms with Crippen LogP contribution in [0.4, 0.5) is 0 Å². The number of para-hydroxylation sites is 1. The van der Waals surface area contributed by atoms with Gasteiger partial charge in [0.05, 0.1) is 11.2 Å². The Morgan fingerprint density at radius 3 is 2.34 bits per heavy atom. The molecule has 2 nitrogen and oxygen atoms in total. The van der Waals surface area contributed by atoms with Gasteiger partial charge in [0.25, 0.3) is 0 Å². The fourth-order valence-corrected chi connectivity index (χ4v) is 4.72. The summed E-state index contributed by atoms with van der Waals surface area (Å²) in [6, 6.07) is 17.1. The Labute approximate surface area is 171 Å². The van der Waals surface area contributed by atoms with Crippen molar-refractivity contribution in [2.45, 2.75) is 19.8 Å². The van der Waals surface area contributed by atoms with Crippen LogP contribution in [-0.2, 0) is 0 Å². The van der Waals surface area contributed by atoms with Gasteiger partial charge in [-0.25, -0.2) is 4.98 Å². The van der Waals surface area contributed by atoms with Crippen molar-refractivity contribution in [1.29, 1.82) is 0 Å². The molecule has 2 heterocycles. The Morgan fingerprint density at radius 1 is 0.931 bits per heavy atom. The lowest BCUT2D eigenvalue weighted by atomic mass is 9.75. The first-order chi connectivity index (χ1) is 14.1. The highest BCUT2D eigenvalue weighted by molar-refractivity contribution is 6.11. The lowest BCUT2D eigenvalue weighted by Crippen LogP contribution is -2.19. The monoisotopic (exact) mass is 376 g/mol. The molecule has 1 aliphatic carbocycles. The van der Waals surface area contributed by atoms with Crippen molar-refractivity contribution in [2.24, 2.45) is 5.92 Å². The number of rotatable bonds is 3. The first-order valence-electron chi connectivity index (χ1n) is 10.0. The van der Waals surface area contributed by atoms with E-state index in [4.69, 9.17) is 4.98 Å². The number of pyridine rings is 1. The molecule has 0 saturated heterocycles. The summed E-state index contributed by atoms with van der Waals surface area (Å²) in [7, 11) is 0. The van der Waals surface area contributed by atoms with Gasteiger partial charge in [0.2, 0.25) is 0 Å². The van der Waals surface area contributed by atoms with Crippen LogP contribution in [0.1, 0.15) is 25.5 Å². The van der Waals surface area contributed by atoms with Crippen LogP contribution in [0.15, 0.2) is 103 Å². The number of hydrogen-bond donors (Lipinski definition) is 0. The van der Waals surface area contributed by atoms with Gasteiger partial charge in [0.15, 0.2) is 0 Å². The molecule has 0 amide bonds. The Kier molecular flexibility index (Phi) is 4.02. The minimum Gasteiger partial charge on any atom is -0.295 e. The number of benzene rings is 2. The number of hydrogen-bond acceptors (Lipinski definition) is 1. The third-order valence-electron chi connectivity index (χ3n) is 6.06. The second-order valence-corrected chi connectivity index (χ2v) is 8.04. The van der Waals surface area contributed by atoms with Gasteiger partial charge >= 0.3 is 0 Å². The molecule has 0 bridgehead atoms.